The number of halogens is 1. The maximum absolute atomic E-state index is 13.7. The summed E-state index contributed by atoms with van der Waals surface area (Å²) in [6.07, 6.45) is 9.76. The van der Waals surface area contributed by atoms with Gasteiger partial charge in [-0.15, -0.1) is 0 Å². The van der Waals surface area contributed by atoms with Crippen molar-refractivity contribution in [3.63, 3.8) is 0 Å². The number of ether oxygens (including phenoxy) is 2. The molecule has 8 rings (SSSR count). The molecule has 0 radical (unpaired) electrons. The fourth-order valence-electron chi connectivity index (χ4n) is 10.2. The number of likely N-dealkylation sites (tertiary alicyclic amines) is 1. The highest BCUT2D eigenvalue weighted by atomic mass is 35.5. The van der Waals surface area contributed by atoms with Crippen LogP contribution in [-0.4, -0.2) is 120 Å². The average Bonchev–Trinajstić information content (AvgIpc) is 3.27. The Morgan fingerprint density at radius 2 is 1.80 bits per heavy atom. The number of anilines is 1. The molecule has 55 heavy (non-hydrogen) atoms. The van der Waals surface area contributed by atoms with E-state index in [1.165, 1.54) is 11.1 Å². The first-order valence-corrected chi connectivity index (χ1v) is 23.7. The normalized spacial score (nSPS) is 34.5. The lowest BCUT2D eigenvalue weighted by atomic mass is 9.63. The van der Waals surface area contributed by atoms with Gasteiger partial charge in [0, 0.05) is 75.0 Å². The van der Waals surface area contributed by atoms with Crippen molar-refractivity contribution in [2.75, 3.05) is 75.9 Å². The van der Waals surface area contributed by atoms with Gasteiger partial charge in [0.15, 0.2) is 9.84 Å². The molecule has 4 aliphatic heterocycles. The fourth-order valence-corrected chi connectivity index (χ4v) is 12.9. The van der Waals surface area contributed by atoms with Crippen LogP contribution < -0.4 is 14.4 Å². The van der Waals surface area contributed by atoms with E-state index in [9.17, 15) is 21.6 Å². The van der Waals surface area contributed by atoms with E-state index in [2.05, 4.69) is 43.7 Å². The molecular formula is C41H55ClN4O7S2. The summed E-state index contributed by atoms with van der Waals surface area (Å²) in [5.41, 5.74) is 2.69. The zero-order valence-electron chi connectivity index (χ0n) is 32.2. The standard InChI is InChI=1S/C41H55ClN4O7S2/c1-28-6-4-15-41(52-3,26-44-23-34(24-44)45-16-18-54(48,49)19-17-45)36-11-8-32(36)22-46-25-40(14-5-7-30-20-33(42)10-12-35(30)40)27-53-38-13-9-31(21-37(38)46)39(47)43-55(50,51)29(28)2/h4,9-10,12-13,15,20-21,28-29,32,34,36H,5-8,11,14,16-19,22-27H2,1-3H3,(H,43,47)/b15-4-/t28-,29+,32-,36+,40-,41+/m0/s1. The van der Waals surface area contributed by atoms with E-state index in [1.807, 2.05) is 25.1 Å². The van der Waals surface area contributed by atoms with Crippen molar-refractivity contribution in [1.82, 2.24) is 14.5 Å². The molecule has 3 fully saturated rings. The number of methoxy groups -OCH3 is 1. The van der Waals surface area contributed by atoms with Gasteiger partial charge in [-0.2, -0.15) is 0 Å². The van der Waals surface area contributed by atoms with E-state index < -0.39 is 36.6 Å². The zero-order valence-corrected chi connectivity index (χ0v) is 34.6. The molecule has 6 atom stereocenters. The Kier molecular flexibility index (Phi) is 10.6. The average molecular weight is 815 g/mol. The first kappa shape index (κ1) is 39.2. The molecule has 300 valence electrons. The number of nitrogens with one attached hydrogen (secondary N) is 1. The predicted octanol–water partition coefficient (Wildman–Crippen LogP) is 4.68. The van der Waals surface area contributed by atoms with Crippen LogP contribution in [0.5, 0.6) is 5.75 Å². The lowest BCUT2D eigenvalue weighted by molar-refractivity contribution is -0.108. The molecule has 14 heteroatoms. The van der Waals surface area contributed by atoms with E-state index in [1.54, 1.807) is 20.1 Å². The van der Waals surface area contributed by atoms with Crippen LogP contribution in [0.25, 0.3) is 0 Å². The number of fused-ring (bicyclic) bond motifs is 4. The van der Waals surface area contributed by atoms with Crippen LogP contribution in [0, 0.1) is 17.8 Å². The number of sulfonamides is 1. The monoisotopic (exact) mass is 814 g/mol. The first-order valence-electron chi connectivity index (χ1n) is 20.0. The van der Waals surface area contributed by atoms with E-state index in [4.69, 9.17) is 21.1 Å². The van der Waals surface area contributed by atoms with Crippen LogP contribution in [0.2, 0.25) is 5.02 Å². The maximum atomic E-state index is 13.7. The Labute approximate surface area is 331 Å². The summed E-state index contributed by atoms with van der Waals surface area (Å²) in [6.45, 7) is 9.05. The molecule has 1 N–H and O–H groups in total. The second-order valence-electron chi connectivity index (χ2n) is 17.2. The van der Waals surface area contributed by atoms with Crippen LogP contribution in [-0.2, 0) is 36.4 Å². The minimum Gasteiger partial charge on any atom is -0.490 e. The number of benzene rings is 2. The number of hydrogen-bond donors (Lipinski definition) is 1. The van der Waals surface area contributed by atoms with Crippen molar-refractivity contribution in [2.24, 2.45) is 17.8 Å². The van der Waals surface area contributed by atoms with Crippen LogP contribution in [0.4, 0.5) is 5.69 Å². The number of hydrogen-bond acceptors (Lipinski definition) is 10. The smallest absolute Gasteiger partial charge is 0.264 e. The molecule has 1 saturated carbocycles. The second kappa shape index (κ2) is 14.9. The highest BCUT2D eigenvalue weighted by molar-refractivity contribution is 7.91. The van der Waals surface area contributed by atoms with Crippen molar-refractivity contribution < 1.29 is 31.1 Å². The number of nitrogens with zero attached hydrogens (tertiary/aromatic N) is 3. The largest absolute Gasteiger partial charge is 0.490 e. The Hall–Kier alpha value is -2.68. The van der Waals surface area contributed by atoms with E-state index >= 15 is 0 Å². The lowest BCUT2D eigenvalue weighted by Crippen LogP contribution is -2.66. The summed E-state index contributed by atoms with van der Waals surface area (Å²) < 4.78 is 67.1. The number of amides is 1. The Balaban J connectivity index is 1.14. The van der Waals surface area contributed by atoms with Gasteiger partial charge in [0.25, 0.3) is 5.91 Å². The minimum atomic E-state index is -3.99. The number of aryl methyl sites for hydroxylation is 1. The van der Waals surface area contributed by atoms with E-state index in [0.29, 0.717) is 51.0 Å². The molecule has 1 amide bonds. The van der Waals surface area contributed by atoms with Crippen molar-refractivity contribution in [3.05, 3.63) is 70.3 Å². The quantitative estimate of drug-likeness (QED) is 0.436. The number of sulfone groups is 1. The molecule has 4 heterocycles. The third-order valence-electron chi connectivity index (χ3n) is 13.9. The fraction of sp³-hybridized carbons (Fsp3) is 0.634. The maximum Gasteiger partial charge on any atom is 0.264 e. The molecule has 1 spiro atoms. The molecule has 0 unspecified atom stereocenters. The van der Waals surface area contributed by atoms with Crippen molar-refractivity contribution in [3.8, 4) is 5.75 Å². The number of rotatable bonds is 4. The highest BCUT2D eigenvalue weighted by Crippen LogP contribution is 2.49. The lowest BCUT2D eigenvalue weighted by Gasteiger charge is -2.54. The minimum absolute atomic E-state index is 0.199. The Bertz CT molecular complexity index is 2040. The van der Waals surface area contributed by atoms with Gasteiger partial charge in [-0.1, -0.05) is 36.7 Å². The van der Waals surface area contributed by atoms with Gasteiger partial charge in [-0.3, -0.25) is 14.6 Å². The van der Waals surface area contributed by atoms with Gasteiger partial charge in [-0.05, 0) is 105 Å². The molecule has 11 nitrogen and oxygen atoms in total. The van der Waals surface area contributed by atoms with E-state index in [0.717, 1.165) is 62.4 Å². The highest BCUT2D eigenvalue weighted by Gasteiger charge is 2.51. The summed E-state index contributed by atoms with van der Waals surface area (Å²) >= 11 is 6.50. The molecule has 0 aromatic heterocycles. The van der Waals surface area contributed by atoms with Crippen molar-refractivity contribution in [2.45, 2.75) is 74.7 Å². The Morgan fingerprint density at radius 3 is 2.53 bits per heavy atom. The van der Waals surface area contributed by atoms with Crippen molar-refractivity contribution in [1.29, 1.82) is 0 Å². The number of carbonyl (C=O) groups is 1. The number of carbonyl (C=O) groups excluding carboxylic acids is 1. The van der Waals surface area contributed by atoms with E-state index in [-0.39, 0.29) is 40.2 Å². The van der Waals surface area contributed by atoms with Gasteiger partial charge < -0.3 is 14.4 Å². The third-order valence-corrected chi connectivity index (χ3v) is 17.7. The molecule has 2 saturated heterocycles. The van der Waals surface area contributed by atoms with Crippen LogP contribution in [0.1, 0.15) is 67.4 Å². The second-order valence-corrected chi connectivity index (χ2v) is 22.0. The Morgan fingerprint density at radius 1 is 1.02 bits per heavy atom. The molecule has 2 aliphatic carbocycles. The van der Waals surface area contributed by atoms with Crippen LogP contribution >= 0.6 is 11.6 Å². The summed E-state index contributed by atoms with van der Waals surface area (Å²) in [5.74, 6) is 0.718. The molecule has 2 bridgehead atoms. The SMILES string of the molecule is CO[C@@]1(CN2CC(N3CCS(=O)(=O)CC3)C2)/C=C\C[C@H](C)[C@@H](C)S(=O)(=O)NC(=O)c2ccc3c(c2)N(C[C@@H]2CC[C@H]21)C[C@@]1(CCCc2cc(Cl)ccc21)CO3. The summed E-state index contributed by atoms with van der Waals surface area (Å²) in [6, 6.07) is 11.8. The van der Waals surface area contributed by atoms with Gasteiger partial charge in [-0.25, -0.2) is 21.6 Å². The molecule has 2 aromatic carbocycles. The van der Waals surface area contributed by atoms with Crippen molar-refractivity contribution >= 4 is 43.1 Å². The van der Waals surface area contributed by atoms with Gasteiger partial charge in [0.05, 0.1) is 29.0 Å². The van der Waals surface area contributed by atoms with Gasteiger partial charge in [0.2, 0.25) is 10.0 Å². The first-order chi connectivity index (χ1) is 26.2. The summed E-state index contributed by atoms with van der Waals surface area (Å²) in [7, 11) is -5.13. The third kappa shape index (κ3) is 7.58. The van der Waals surface area contributed by atoms with Gasteiger partial charge >= 0.3 is 0 Å². The molecular weight excluding hydrogens is 760 g/mol. The summed E-state index contributed by atoms with van der Waals surface area (Å²) in [5, 5.41) is -0.0843. The molecule has 6 aliphatic rings. The van der Waals surface area contributed by atoms with Crippen LogP contribution in [0.3, 0.4) is 0 Å². The van der Waals surface area contributed by atoms with Gasteiger partial charge in [0.1, 0.15) is 11.4 Å². The predicted molar refractivity (Wildman–Crippen MR) is 215 cm³/mol. The summed E-state index contributed by atoms with van der Waals surface area (Å²) in [4.78, 5) is 20.8. The molecule has 2 aromatic rings. The zero-order chi connectivity index (χ0) is 38.8. The van der Waals surface area contributed by atoms with Crippen LogP contribution in [0.15, 0.2) is 48.6 Å². The topological polar surface area (TPSA) is 126 Å². The number of allylic oxidation sites excluding steroid dienone is 1.